The number of aliphatic hydroxyl groups excluding tert-OH is 1. The summed E-state index contributed by atoms with van der Waals surface area (Å²) in [6, 6.07) is 4.66. The summed E-state index contributed by atoms with van der Waals surface area (Å²) in [7, 11) is 1.66. The Labute approximate surface area is 151 Å². The average molecular weight is 368 g/mol. The summed E-state index contributed by atoms with van der Waals surface area (Å²) in [6.45, 7) is 3.89. The van der Waals surface area contributed by atoms with Crippen LogP contribution in [0.5, 0.6) is 0 Å². The van der Waals surface area contributed by atoms with Crippen molar-refractivity contribution in [1.29, 1.82) is 0 Å². The molecule has 1 N–H and O–H groups in total. The van der Waals surface area contributed by atoms with E-state index in [4.69, 9.17) is 27.6 Å². The first-order valence-corrected chi connectivity index (χ1v) is 8.61. The number of hydrogen-bond donors (Lipinski definition) is 1. The Kier molecular flexibility index (Phi) is 4.65. The number of halogens is 2. The van der Waals surface area contributed by atoms with E-state index in [1.165, 1.54) is 4.90 Å². The number of rotatable bonds is 3. The lowest BCUT2D eigenvalue weighted by atomic mass is 10.1. The smallest absolute Gasteiger partial charge is 0.289 e. The second-order valence-corrected chi connectivity index (χ2v) is 7.00. The molecule has 2 atom stereocenters. The Hall–Kier alpha value is -1.49. The number of hydrogen-bond acceptors (Lipinski definition) is 3. The fourth-order valence-corrected chi connectivity index (χ4v) is 3.96. The molecule has 0 saturated carbocycles. The van der Waals surface area contributed by atoms with Crippen LogP contribution < -0.4 is 0 Å². The standard InChI is InChI=1S/C18H19Cl2NO3/c1-4-15-9(2)5-16(24-15)18(23)21(3)17-12-6-10(19)7-13(20)11(12)8-14(17)22/h5-7,14,17,22H,4,8H2,1-3H3. The lowest BCUT2D eigenvalue weighted by Crippen LogP contribution is -2.35. The molecule has 1 heterocycles. The molecule has 24 heavy (non-hydrogen) atoms. The Morgan fingerprint density at radius 1 is 1.38 bits per heavy atom. The SMILES string of the molecule is CCc1oc(C(=O)N(C)C2c3cc(Cl)cc(Cl)c3CC2O)cc1C. The minimum Gasteiger partial charge on any atom is -0.456 e. The fraction of sp³-hybridized carbons (Fsp3) is 0.389. The van der Waals surface area contributed by atoms with Crippen LogP contribution in [0.25, 0.3) is 0 Å². The van der Waals surface area contributed by atoms with Crippen molar-refractivity contribution in [1.82, 2.24) is 4.90 Å². The number of nitrogens with zero attached hydrogens (tertiary/aromatic N) is 1. The maximum atomic E-state index is 12.8. The first-order chi connectivity index (χ1) is 11.3. The lowest BCUT2D eigenvalue weighted by molar-refractivity contribution is 0.0470. The van der Waals surface area contributed by atoms with E-state index in [9.17, 15) is 9.90 Å². The van der Waals surface area contributed by atoms with Gasteiger partial charge in [0.25, 0.3) is 5.91 Å². The normalized spacial score (nSPS) is 19.4. The van der Waals surface area contributed by atoms with Gasteiger partial charge >= 0.3 is 0 Å². The Morgan fingerprint density at radius 3 is 2.71 bits per heavy atom. The van der Waals surface area contributed by atoms with Crippen LogP contribution in [0.4, 0.5) is 0 Å². The third kappa shape index (κ3) is 2.83. The number of likely N-dealkylation sites (N-methyl/N-ethyl adjacent to an activating group) is 1. The molecule has 1 aromatic carbocycles. The van der Waals surface area contributed by atoms with Crippen LogP contribution in [0.2, 0.25) is 10.0 Å². The van der Waals surface area contributed by atoms with Gasteiger partial charge in [0.2, 0.25) is 0 Å². The van der Waals surface area contributed by atoms with Crippen molar-refractivity contribution in [2.45, 2.75) is 38.8 Å². The maximum Gasteiger partial charge on any atom is 0.289 e. The molecule has 2 aromatic rings. The third-order valence-corrected chi connectivity index (χ3v) is 5.14. The van der Waals surface area contributed by atoms with Crippen LogP contribution in [-0.2, 0) is 12.8 Å². The van der Waals surface area contributed by atoms with E-state index in [0.29, 0.717) is 16.5 Å². The minimum absolute atomic E-state index is 0.272. The zero-order valence-corrected chi connectivity index (χ0v) is 15.3. The van der Waals surface area contributed by atoms with Gasteiger partial charge in [-0.15, -0.1) is 0 Å². The predicted octanol–water partition coefficient (Wildman–Crippen LogP) is 4.19. The van der Waals surface area contributed by atoms with E-state index >= 15 is 0 Å². The van der Waals surface area contributed by atoms with Crippen LogP contribution in [0.1, 0.15) is 46.0 Å². The van der Waals surface area contributed by atoms with E-state index < -0.39 is 12.1 Å². The summed E-state index contributed by atoms with van der Waals surface area (Å²) >= 11 is 12.3. The average Bonchev–Trinajstić information content (AvgIpc) is 3.05. The first kappa shape index (κ1) is 17.3. The highest BCUT2D eigenvalue weighted by Gasteiger charge is 2.38. The molecular weight excluding hydrogens is 349 g/mol. The summed E-state index contributed by atoms with van der Waals surface area (Å²) in [4.78, 5) is 14.3. The number of aliphatic hydroxyl groups is 1. The predicted molar refractivity (Wildman–Crippen MR) is 93.8 cm³/mol. The number of fused-ring (bicyclic) bond motifs is 1. The van der Waals surface area contributed by atoms with Gasteiger partial charge in [0.05, 0.1) is 12.1 Å². The number of carbonyl (C=O) groups is 1. The van der Waals surface area contributed by atoms with Crippen LogP contribution in [-0.4, -0.2) is 29.1 Å². The highest BCUT2D eigenvalue weighted by molar-refractivity contribution is 6.35. The van der Waals surface area contributed by atoms with Gasteiger partial charge in [-0.2, -0.15) is 0 Å². The first-order valence-electron chi connectivity index (χ1n) is 7.85. The number of furan rings is 1. The summed E-state index contributed by atoms with van der Waals surface area (Å²) in [5, 5.41) is 11.5. The molecule has 6 heteroatoms. The summed E-state index contributed by atoms with van der Waals surface area (Å²) < 4.78 is 5.65. The van der Waals surface area contributed by atoms with Gasteiger partial charge in [-0.1, -0.05) is 30.1 Å². The van der Waals surface area contributed by atoms with Crippen molar-refractivity contribution >= 4 is 29.1 Å². The molecule has 0 bridgehead atoms. The quantitative estimate of drug-likeness (QED) is 0.884. The Morgan fingerprint density at radius 2 is 2.08 bits per heavy atom. The Balaban J connectivity index is 1.95. The van der Waals surface area contributed by atoms with Crippen molar-refractivity contribution in [2.24, 2.45) is 0 Å². The van der Waals surface area contributed by atoms with Crippen LogP contribution in [0.15, 0.2) is 22.6 Å². The second-order valence-electron chi connectivity index (χ2n) is 6.16. The topological polar surface area (TPSA) is 53.7 Å². The Bertz CT molecular complexity index is 800. The van der Waals surface area contributed by atoms with Crippen molar-refractivity contribution in [3.63, 3.8) is 0 Å². The van der Waals surface area contributed by atoms with Crippen molar-refractivity contribution in [3.05, 3.63) is 56.5 Å². The van der Waals surface area contributed by atoms with Crippen LogP contribution >= 0.6 is 23.2 Å². The number of aryl methyl sites for hydroxylation is 2. The zero-order valence-electron chi connectivity index (χ0n) is 13.8. The van der Waals surface area contributed by atoms with Gasteiger partial charge in [0, 0.05) is 29.9 Å². The third-order valence-electron chi connectivity index (χ3n) is 4.58. The molecule has 2 unspecified atom stereocenters. The van der Waals surface area contributed by atoms with Crippen molar-refractivity contribution < 1.29 is 14.3 Å². The van der Waals surface area contributed by atoms with Gasteiger partial charge in [-0.05, 0) is 41.8 Å². The van der Waals surface area contributed by atoms with E-state index in [1.807, 2.05) is 13.8 Å². The fourth-order valence-electron chi connectivity index (χ4n) is 3.37. The summed E-state index contributed by atoms with van der Waals surface area (Å²) in [5.41, 5.74) is 2.57. The molecule has 1 aliphatic carbocycles. The highest BCUT2D eigenvalue weighted by atomic mass is 35.5. The van der Waals surface area contributed by atoms with E-state index in [2.05, 4.69) is 0 Å². The number of benzene rings is 1. The summed E-state index contributed by atoms with van der Waals surface area (Å²) in [5.74, 6) is 0.802. The zero-order chi connectivity index (χ0) is 17.6. The molecule has 4 nitrogen and oxygen atoms in total. The minimum atomic E-state index is -0.730. The largest absolute Gasteiger partial charge is 0.456 e. The molecule has 0 spiro atoms. The van der Waals surface area contributed by atoms with Crippen molar-refractivity contribution in [2.75, 3.05) is 7.05 Å². The van der Waals surface area contributed by atoms with Gasteiger partial charge in [0.1, 0.15) is 5.76 Å². The molecule has 0 fully saturated rings. The van der Waals surface area contributed by atoms with Crippen LogP contribution in [0.3, 0.4) is 0 Å². The number of amides is 1. The van der Waals surface area contributed by atoms with Gasteiger partial charge in [-0.3, -0.25) is 4.79 Å². The van der Waals surface area contributed by atoms with Crippen LogP contribution in [0, 0.1) is 6.92 Å². The monoisotopic (exact) mass is 367 g/mol. The molecule has 1 amide bonds. The molecule has 1 aromatic heterocycles. The number of carbonyl (C=O) groups excluding carboxylic acids is 1. The van der Waals surface area contributed by atoms with Gasteiger partial charge in [-0.25, -0.2) is 0 Å². The van der Waals surface area contributed by atoms with Crippen molar-refractivity contribution in [3.8, 4) is 0 Å². The molecule has 3 rings (SSSR count). The molecular formula is C18H19Cl2NO3. The lowest BCUT2D eigenvalue weighted by Gasteiger charge is -2.27. The maximum absolute atomic E-state index is 12.8. The molecule has 0 aliphatic heterocycles. The van der Waals surface area contributed by atoms with E-state index in [1.54, 1.807) is 25.2 Å². The second kappa shape index (κ2) is 6.43. The highest BCUT2D eigenvalue weighted by Crippen LogP contribution is 2.41. The van der Waals surface area contributed by atoms with E-state index in [0.717, 1.165) is 28.9 Å². The molecule has 0 saturated heterocycles. The summed E-state index contributed by atoms with van der Waals surface area (Å²) in [6.07, 6.45) is 0.389. The molecule has 1 aliphatic rings. The molecule has 0 radical (unpaired) electrons. The molecule has 128 valence electrons. The van der Waals surface area contributed by atoms with Gasteiger partial charge in [0.15, 0.2) is 5.76 Å². The van der Waals surface area contributed by atoms with Gasteiger partial charge < -0.3 is 14.4 Å². The van der Waals surface area contributed by atoms with E-state index in [-0.39, 0.29) is 11.7 Å².